The Hall–Kier alpha value is -0.860. The van der Waals surface area contributed by atoms with Crippen molar-refractivity contribution in [2.24, 2.45) is 0 Å². The van der Waals surface area contributed by atoms with Gasteiger partial charge in [-0.1, -0.05) is 30.1 Å². The number of nitrogens with one attached hydrogen (secondary N) is 1. The van der Waals surface area contributed by atoms with E-state index in [0.717, 1.165) is 8.61 Å². The summed E-state index contributed by atoms with van der Waals surface area (Å²) in [5.74, 6) is -0.483. The predicted octanol–water partition coefficient (Wildman–Crippen LogP) is 2.45. The van der Waals surface area contributed by atoms with E-state index in [9.17, 15) is 13.2 Å². The maximum atomic E-state index is 12.2. The summed E-state index contributed by atoms with van der Waals surface area (Å²) in [5, 5.41) is 3.32. The molecule has 1 aromatic rings. The lowest BCUT2D eigenvalue weighted by molar-refractivity contribution is -0.116. The van der Waals surface area contributed by atoms with Crippen LogP contribution in [0.2, 0.25) is 10.0 Å². The molecule has 0 fully saturated rings. The molecular formula is C13H19Cl2N3O3S. The average molecular weight is 368 g/mol. The summed E-state index contributed by atoms with van der Waals surface area (Å²) in [6.07, 6.45) is 0.596. The molecule has 0 heterocycles. The molecule has 1 N–H and O–H groups in total. The quantitative estimate of drug-likeness (QED) is 0.804. The van der Waals surface area contributed by atoms with Crippen molar-refractivity contribution < 1.29 is 13.2 Å². The van der Waals surface area contributed by atoms with Crippen LogP contribution >= 0.6 is 23.2 Å². The molecule has 22 heavy (non-hydrogen) atoms. The normalized spacial score (nSPS) is 12.0. The molecule has 1 rings (SSSR count). The van der Waals surface area contributed by atoms with Gasteiger partial charge in [0.2, 0.25) is 5.91 Å². The van der Waals surface area contributed by atoms with Gasteiger partial charge in [0, 0.05) is 25.7 Å². The highest BCUT2D eigenvalue weighted by atomic mass is 35.5. The van der Waals surface area contributed by atoms with Crippen molar-refractivity contribution >= 4 is 45.0 Å². The molecule has 0 saturated heterocycles. The number of amides is 1. The number of carbonyl (C=O) groups excluding carboxylic acids is 1. The molecule has 0 aliphatic heterocycles. The SMILES string of the molecule is CCCN(CC(=O)Nc1cc(Cl)ccc1Cl)S(=O)(=O)N(C)C. The Balaban J connectivity index is 2.86. The number of anilines is 1. The number of carbonyl (C=O) groups is 1. The summed E-state index contributed by atoms with van der Waals surface area (Å²) in [6.45, 7) is 1.79. The molecular weight excluding hydrogens is 349 g/mol. The third kappa shape index (κ3) is 5.10. The standard InChI is InChI=1S/C13H19Cl2N3O3S/c1-4-7-18(22(20,21)17(2)3)9-13(19)16-12-8-10(14)5-6-11(12)15/h5-6,8H,4,7,9H2,1-3H3,(H,16,19). The number of nitrogens with zero attached hydrogens (tertiary/aromatic N) is 2. The van der Waals surface area contributed by atoms with E-state index in [1.54, 1.807) is 12.1 Å². The largest absolute Gasteiger partial charge is 0.324 e. The van der Waals surface area contributed by atoms with Crippen LogP contribution in [-0.2, 0) is 15.0 Å². The monoisotopic (exact) mass is 367 g/mol. The van der Waals surface area contributed by atoms with Crippen LogP contribution in [-0.4, -0.2) is 50.1 Å². The summed E-state index contributed by atoms with van der Waals surface area (Å²) >= 11 is 11.8. The van der Waals surface area contributed by atoms with E-state index in [1.165, 1.54) is 20.2 Å². The number of halogens is 2. The Bertz CT molecular complexity index is 635. The first-order chi connectivity index (χ1) is 10.2. The maximum absolute atomic E-state index is 12.2. The second kappa shape index (κ2) is 8.12. The van der Waals surface area contributed by atoms with Gasteiger partial charge in [-0.05, 0) is 24.6 Å². The molecule has 0 aromatic heterocycles. The maximum Gasteiger partial charge on any atom is 0.281 e. The first-order valence-electron chi connectivity index (χ1n) is 6.61. The number of hydrogen-bond acceptors (Lipinski definition) is 3. The lowest BCUT2D eigenvalue weighted by atomic mass is 10.3. The van der Waals surface area contributed by atoms with Crippen molar-refractivity contribution in [2.45, 2.75) is 13.3 Å². The van der Waals surface area contributed by atoms with Crippen molar-refractivity contribution in [3.8, 4) is 0 Å². The van der Waals surface area contributed by atoms with E-state index in [4.69, 9.17) is 23.2 Å². The van der Waals surface area contributed by atoms with Crippen molar-refractivity contribution in [1.82, 2.24) is 8.61 Å². The fraction of sp³-hybridized carbons (Fsp3) is 0.462. The predicted molar refractivity (Wildman–Crippen MR) is 89.6 cm³/mol. The fourth-order valence-corrected chi connectivity index (χ4v) is 3.19. The van der Waals surface area contributed by atoms with E-state index in [1.807, 2.05) is 6.92 Å². The Labute approximate surface area is 141 Å². The van der Waals surface area contributed by atoms with Crippen molar-refractivity contribution in [2.75, 3.05) is 32.5 Å². The van der Waals surface area contributed by atoms with Gasteiger partial charge in [0.15, 0.2) is 0 Å². The van der Waals surface area contributed by atoms with Gasteiger partial charge in [0.25, 0.3) is 10.2 Å². The van der Waals surface area contributed by atoms with Crippen molar-refractivity contribution in [3.05, 3.63) is 28.2 Å². The van der Waals surface area contributed by atoms with Gasteiger partial charge in [0.05, 0.1) is 17.3 Å². The molecule has 6 nitrogen and oxygen atoms in total. The van der Waals surface area contributed by atoms with E-state index in [0.29, 0.717) is 22.2 Å². The highest BCUT2D eigenvalue weighted by molar-refractivity contribution is 7.86. The van der Waals surface area contributed by atoms with Crippen molar-refractivity contribution in [1.29, 1.82) is 0 Å². The summed E-state index contributed by atoms with van der Waals surface area (Å²) in [6, 6.07) is 4.66. The van der Waals surface area contributed by atoms with Gasteiger partial charge >= 0.3 is 0 Å². The summed E-state index contributed by atoms with van der Waals surface area (Å²) in [5.41, 5.74) is 0.345. The molecule has 0 spiro atoms. The Morgan fingerprint density at radius 1 is 1.27 bits per heavy atom. The Morgan fingerprint density at radius 3 is 2.45 bits per heavy atom. The Morgan fingerprint density at radius 2 is 1.91 bits per heavy atom. The summed E-state index contributed by atoms with van der Waals surface area (Å²) in [4.78, 5) is 12.1. The van der Waals surface area contributed by atoms with Crippen LogP contribution in [0.15, 0.2) is 18.2 Å². The minimum absolute atomic E-state index is 0.247. The molecule has 9 heteroatoms. The summed E-state index contributed by atoms with van der Waals surface area (Å²) in [7, 11) is -0.819. The molecule has 0 atom stereocenters. The third-order valence-corrected chi connectivity index (χ3v) is 5.24. The topological polar surface area (TPSA) is 69.7 Å². The fourth-order valence-electron chi connectivity index (χ4n) is 1.70. The molecule has 1 aromatic carbocycles. The van der Waals surface area contributed by atoms with E-state index in [-0.39, 0.29) is 13.1 Å². The van der Waals surface area contributed by atoms with Gasteiger partial charge < -0.3 is 5.32 Å². The number of hydrogen-bond donors (Lipinski definition) is 1. The summed E-state index contributed by atoms with van der Waals surface area (Å²) < 4.78 is 26.5. The first-order valence-corrected chi connectivity index (χ1v) is 8.76. The van der Waals surface area contributed by atoms with E-state index < -0.39 is 16.1 Å². The Kier molecular flexibility index (Phi) is 7.08. The van der Waals surface area contributed by atoms with Crippen molar-refractivity contribution in [3.63, 3.8) is 0 Å². The lowest BCUT2D eigenvalue weighted by Gasteiger charge is -2.24. The second-order valence-electron chi connectivity index (χ2n) is 4.80. The zero-order chi connectivity index (χ0) is 16.9. The van der Waals surface area contributed by atoms with Gasteiger partial charge in [-0.2, -0.15) is 17.0 Å². The number of benzene rings is 1. The molecule has 0 radical (unpaired) electrons. The molecule has 0 saturated carbocycles. The van der Waals surface area contributed by atoms with Crippen LogP contribution in [0.5, 0.6) is 0 Å². The van der Waals surface area contributed by atoms with E-state index in [2.05, 4.69) is 5.32 Å². The van der Waals surface area contributed by atoms with Crippen LogP contribution in [0.3, 0.4) is 0 Å². The lowest BCUT2D eigenvalue weighted by Crippen LogP contribution is -2.44. The van der Waals surface area contributed by atoms with E-state index >= 15 is 0 Å². The molecule has 0 bridgehead atoms. The van der Waals surface area contributed by atoms with Crippen LogP contribution in [0.25, 0.3) is 0 Å². The zero-order valence-corrected chi connectivity index (χ0v) is 15.0. The molecule has 1 amide bonds. The van der Waals surface area contributed by atoms with Crippen LogP contribution in [0.4, 0.5) is 5.69 Å². The molecule has 0 aliphatic carbocycles. The average Bonchev–Trinajstić information content (AvgIpc) is 2.42. The van der Waals surface area contributed by atoms with Crippen LogP contribution in [0, 0.1) is 0 Å². The molecule has 124 valence electrons. The van der Waals surface area contributed by atoms with Gasteiger partial charge in [-0.25, -0.2) is 0 Å². The smallest absolute Gasteiger partial charge is 0.281 e. The van der Waals surface area contributed by atoms with Gasteiger partial charge in [-0.3, -0.25) is 4.79 Å². The highest BCUT2D eigenvalue weighted by Crippen LogP contribution is 2.25. The zero-order valence-electron chi connectivity index (χ0n) is 12.6. The highest BCUT2D eigenvalue weighted by Gasteiger charge is 2.26. The third-order valence-electron chi connectivity index (χ3n) is 2.78. The number of rotatable bonds is 7. The second-order valence-corrected chi connectivity index (χ2v) is 7.78. The van der Waals surface area contributed by atoms with Gasteiger partial charge in [0.1, 0.15) is 0 Å². The minimum atomic E-state index is -3.66. The van der Waals surface area contributed by atoms with Gasteiger partial charge in [-0.15, -0.1) is 0 Å². The molecule has 0 aliphatic rings. The first kappa shape index (κ1) is 19.2. The van der Waals surface area contributed by atoms with Crippen LogP contribution < -0.4 is 5.32 Å². The minimum Gasteiger partial charge on any atom is -0.324 e. The molecule has 0 unspecified atom stereocenters. The van der Waals surface area contributed by atoms with Crippen LogP contribution in [0.1, 0.15) is 13.3 Å².